The first-order valence-electron chi connectivity index (χ1n) is 17.7. The molecule has 21 heteroatoms. The average molecular weight is 819 g/mol. The Kier molecular flexibility index (Phi) is 15.6. The largest absolute Gasteiger partial charge is 0.776 e. The van der Waals surface area contributed by atoms with Crippen LogP contribution in [-0.4, -0.2) is 96.3 Å². The summed E-state index contributed by atoms with van der Waals surface area (Å²) < 4.78 is 41.1. The molecule has 7 atom stereocenters. The van der Waals surface area contributed by atoms with E-state index in [-0.39, 0.29) is 42.4 Å². The van der Waals surface area contributed by atoms with Crippen LogP contribution in [0.3, 0.4) is 0 Å². The van der Waals surface area contributed by atoms with Crippen molar-refractivity contribution in [2.24, 2.45) is 17.8 Å². The van der Waals surface area contributed by atoms with Crippen LogP contribution in [0.5, 0.6) is 0 Å². The van der Waals surface area contributed by atoms with E-state index in [1.807, 2.05) is 30.3 Å². The molecule has 0 spiro atoms. The second-order valence-corrected chi connectivity index (χ2v) is 20.5. The molecule has 0 radical (unpaired) electrons. The van der Waals surface area contributed by atoms with E-state index in [2.05, 4.69) is 39.8 Å². The molecule has 2 aromatic rings. The van der Waals surface area contributed by atoms with E-state index < -0.39 is 67.2 Å². The van der Waals surface area contributed by atoms with Crippen LogP contribution >= 0.6 is 25.8 Å². The molecular formula is C33H50N5O13P2S-. The minimum atomic E-state index is -5.89. The first kappa shape index (κ1) is 43.8. The quantitative estimate of drug-likeness (QED) is 0.0840. The van der Waals surface area contributed by atoms with Crippen LogP contribution in [0.15, 0.2) is 48.9 Å². The van der Waals surface area contributed by atoms with Gasteiger partial charge in [-0.05, 0) is 55.4 Å². The van der Waals surface area contributed by atoms with Crippen LogP contribution in [0, 0.1) is 17.8 Å². The number of aliphatic hydroxyl groups is 1. The van der Waals surface area contributed by atoms with Crippen LogP contribution in [0.1, 0.15) is 68.4 Å². The van der Waals surface area contributed by atoms with Crippen LogP contribution in [0.4, 0.5) is 4.79 Å². The molecule has 1 aromatic carbocycles. The Hall–Kier alpha value is -2.96. The van der Waals surface area contributed by atoms with Crippen LogP contribution in [0.25, 0.3) is 0 Å². The molecule has 2 aliphatic heterocycles. The Morgan fingerprint density at radius 2 is 1.78 bits per heavy atom. The maximum Gasteiger partial charge on any atom is 0.407 e. The molecule has 0 aliphatic carbocycles. The van der Waals surface area contributed by atoms with Gasteiger partial charge < -0.3 is 49.9 Å². The third-order valence-electron chi connectivity index (χ3n) is 9.38. The Morgan fingerprint density at radius 1 is 1.07 bits per heavy atom. The predicted octanol–water partition coefficient (Wildman–Crippen LogP) is 2.28. The van der Waals surface area contributed by atoms with Crippen LogP contribution in [0.2, 0.25) is 0 Å². The van der Waals surface area contributed by atoms with E-state index in [0.717, 1.165) is 12.0 Å². The maximum atomic E-state index is 14.1. The van der Waals surface area contributed by atoms with E-state index in [4.69, 9.17) is 18.0 Å². The number of rotatable bonds is 18. The number of aromatic nitrogens is 2. The number of nitrogens with one attached hydrogen (secondary N) is 3. The number of fused-ring (bicyclic) bond motifs is 2. The third kappa shape index (κ3) is 11.8. The Bertz CT molecular complexity index is 1630. The molecule has 0 saturated carbocycles. The molecule has 2 fully saturated rings. The molecule has 7 N–H and O–H groups in total. The standard InChI is InChI=1S/C33H51N5O13P2S/c1-23(2)19-29(38-30(39)27(20-24-7-4-3-5-8-24)37-31(40)28-21-34-14-15-35-28)54-22-26(11-18-51-54)25(10-17-50-54)9-6-16-49-32(41)36-13-12-33(42,52(43,44)45)53(46,47)48/h3-5,7-8,14-15,21,23,25-27,29,42H,6,9-13,16-20,22H2,1-2H3,(H,36,41)(H,37,40)(H,38,39)(H2,43,44,45)(H2,46,47,48)/p-1/t25?,26?,27-,29+/m1/s1. The average Bonchev–Trinajstić information content (AvgIpc) is 3.23. The molecule has 54 heavy (non-hydrogen) atoms. The Morgan fingerprint density at radius 3 is 2.41 bits per heavy atom. The second kappa shape index (κ2) is 19.3. The van der Waals surface area contributed by atoms with E-state index >= 15 is 0 Å². The lowest BCUT2D eigenvalue weighted by Gasteiger charge is -2.53. The molecule has 18 nitrogen and oxygen atoms in total. The predicted molar refractivity (Wildman–Crippen MR) is 195 cm³/mol. The van der Waals surface area contributed by atoms with Crippen molar-refractivity contribution in [2.45, 2.75) is 75.3 Å². The fourth-order valence-corrected chi connectivity index (χ4v) is 12.2. The highest BCUT2D eigenvalue weighted by atomic mass is 32.3. The van der Waals surface area contributed by atoms with Gasteiger partial charge in [-0.3, -0.25) is 27.5 Å². The number of hydrogen-bond acceptors (Lipinski definition) is 12. The smallest absolute Gasteiger partial charge is 0.407 e. The summed E-state index contributed by atoms with van der Waals surface area (Å²) in [6, 6.07) is 8.43. The molecule has 2 aliphatic rings. The van der Waals surface area contributed by atoms with Crippen LogP contribution in [-0.2, 0) is 33.4 Å². The lowest BCUT2D eigenvalue weighted by atomic mass is 9.85. The zero-order valence-electron chi connectivity index (χ0n) is 30.2. The summed E-state index contributed by atoms with van der Waals surface area (Å²) in [5.41, 5.74) is 0.942. The van der Waals surface area contributed by atoms with Crippen LogP contribution < -0.4 is 20.8 Å². The number of carbonyl (C=O) groups excluding carboxylic acids is 3. The second-order valence-electron chi connectivity index (χ2n) is 13.8. The first-order chi connectivity index (χ1) is 25.4. The van der Waals surface area contributed by atoms with Gasteiger partial charge in [-0.2, -0.15) is 10.6 Å². The van der Waals surface area contributed by atoms with Gasteiger partial charge in [0, 0.05) is 37.5 Å². The van der Waals surface area contributed by atoms with E-state index in [9.17, 15) is 43.3 Å². The fourth-order valence-electron chi connectivity index (χ4n) is 6.50. The summed E-state index contributed by atoms with van der Waals surface area (Å²) in [5, 5.41) is 13.9. The van der Waals surface area contributed by atoms with Gasteiger partial charge in [0.25, 0.3) is 5.91 Å². The van der Waals surface area contributed by atoms with Gasteiger partial charge in [0.05, 0.1) is 26.0 Å². The van der Waals surface area contributed by atoms with E-state index in [1.165, 1.54) is 18.6 Å². The summed E-state index contributed by atoms with van der Waals surface area (Å²) in [6.45, 7) is 4.21. The molecule has 4 rings (SSSR count). The normalized spacial score (nSPS) is 24.7. The molecule has 3 heterocycles. The van der Waals surface area contributed by atoms with Gasteiger partial charge in [0.15, 0.2) is 7.60 Å². The highest BCUT2D eigenvalue weighted by molar-refractivity contribution is 8.26. The minimum Gasteiger partial charge on any atom is -0.776 e. The van der Waals surface area contributed by atoms with Gasteiger partial charge in [-0.15, -0.1) is 0 Å². The molecule has 3 amide bonds. The van der Waals surface area contributed by atoms with E-state index in [0.29, 0.717) is 44.6 Å². The van der Waals surface area contributed by atoms with Crippen molar-refractivity contribution in [3.8, 4) is 0 Å². The fraction of sp³-hybridized carbons (Fsp3) is 0.606. The Labute approximate surface area is 315 Å². The van der Waals surface area contributed by atoms with Crippen molar-refractivity contribution in [1.29, 1.82) is 0 Å². The molecule has 1 aromatic heterocycles. The number of benzene rings is 1. The highest BCUT2D eigenvalue weighted by Crippen LogP contribution is 2.67. The summed E-state index contributed by atoms with van der Waals surface area (Å²) in [7, 11) is -13.9. The number of hydrogen-bond donors (Lipinski definition) is 7. The Balaban J connectivity index is 1.36. The number of ether oxygens (including phenoxy) is 1. The monoisotopic (exact) mass is 818 g/mol. The number of carbonyl (C=O) groups is 3. The molecule has 2 saturated heterocycles. The number of alkyl carbamates (subject to hydrolysis) is 1. The molecule has 5 unspecified atom stereocenters. The number of nitrogens with zero attached hydrogens (tertiary/aromatic N) is 2. The van der Waals surface area contributed by atoms with Gasteiger partial charge in [-0.25, -0.2) is 9.78 Å². The lowest BCUT2D eigenvalue weighted by molar-refractivity contribution is -0.206. The minimum absolute atomic E-state index is 0.0116. The summed E-state index contributed by atoms with van der Waals surface area (Å²) in [6.07, 6.45) is 5.47. The first-order valence-corrected chi connectivity index (χ1v) is 22.6. The zero-order valence-corrected chi connectivity index (χ0v) is 32.8. The highest BCUT2D eigenvalue weighted by Gasteiger charge is 2.53. The van der Waals surface area contributed by atoms with Crippen molar-refractivity contribution in [3.63, 3.8) is 0 Å². The van der Waals surface area contributed by atoms with Gasteiger partial charge in [0.2, 0.25) is 11.0 Å². The van der Waals surface area contributed by atoms with Crippen molar-refractivity contribution >= 4 is 43.7 Å². The van der Waals surface area contributed by atoms with Crippen molar-refractivity contribution < 1.29 is 61.3 Å². The van der Waals surface area contributed by atoms with Crippen molar-refractivity contribution in [3.05, 3.63) is 60.2 Å². The maximum absolute atomic E-state index is 14.1. The zero-order chi connectivity index (χ0) is 39.6. The van der Waals surface area contributed by atoms with Crippen molar-refractivity contribution in [2.75, 3.05) is 32.1 Å². The third-order valence-corrected chi connectivity index (χ3v) is 16.4. The molecular weight excluding hydrogens is 768 g/mol. The summed E-state index contributed by atoms with van der Waals surface area (Å²) in [5.74, 6) is 0.241. The summed E-state index contributed by atoms with van der Waals surface area (Å²) >= 11 is 0. The lowest BCUT2D eigenvalue weighted by Crippen LogP contribution is -2.53. The summed E-state index contributed by atoms with van der Waals surface area (Å²) in [4.78, 5) is 86.4. The molecule has 302 valence electrons. The van der Waals surface area contributed by atoms with Crippen molar-refractivity contribution in [1.82, 2.24) is 25.9 Å². The number of amides is 3. The van der Waals surface area contributed by atoms with Gasteiger partial charge >= 0.3 is 13.7 Å². The van der Waals surface area contributed by atoms with E-state index in [1.54, 1.807) is 0 Å². The SMILES string of the molecule is CC(C)C[C@@H](NC(=O)[C@@H](Cc1ccccc1)NC(=O)c1cnccn1)S12CC(CCO1)C(CCCOC(=O)NCCC(O)(P(=O)([O-])O)P(=O)(O)O)CCO2. The topological polar surface area (TPSA) is 279 Å². The van der Waals surface area contributed by atoms with Gasteiger partial charge in [-0.1, -0.05) is 44.2 Å². The van der Waals surface area contributed by atoms with Gasteiger partial charge in [0.1, 0.15) is 17.1 Å². The molecule has 2 bridgehead atoms.